The maximum atomic E-state index is 12.2. The summed E-state index contributed by atoms with van der Waals surface area (Å²) in [5, 5.41) is 6.98. The minimum Gasteiger partial charge on any atom is -0.322 e. The maximum absolute atomic E-state index is 12.2. The van der Waals surface area contributed by atoms with E-state index in [2.05, 4.69) is 20.8 Å². The van der Waals surface area contributed by atoms with Crippen LogP contribution in [-0.2, 0) is 0 Å². The van der Waals surface area contributed by atoms with E-state index in [1.807, 2.05) is 6.07 Å². The van der Waals surface area contributed by atoms with Gasteiger partial charge in [0.05, 0.1) is 22.5 Å². The molecule has 1 aromatic heterocycles. The molecule has 134 valence electrons. The Morgan fingerprint density at radius 1 is 0.926 bits per heavy atom. The molecule has 3 rings (SSSR count). The summed E-state index contributed by atoms with van der Waals surface area (Å²) in [4.78, 5) is 28.4. The van der Waals surface area contributed by atoms with Gasteiger partial charge in [0.25, 0.3) is 11.8 Å². The van der Waals surface area contributed by atoms with Crippen molar-refractivity contribution in [2.45, 2.75) is 0 Å². The molecule has 0 aliphatic rings. The minimum absolute atomic E-state index is 0.322. The topological polar surface area (TPSA) is 83.4 Å². The molecule has 0 atom stereocenters. The molecule has 2 N–H and O–H groups in total. The van der Waals surface area contributed by atoms with Crippen LogP contribution < -0.4 is 10.7 Å². The number of nitrogens with one attached hydrogen (secondary N) is 2. The summed E-state index contributed by atoms with van der Waals surface area (Å²) in [6, 6.07) is 18.6. The second kappa shape index (κ2) is 8.73. The molecule has 0 saturated carbocycles. The summed E-state index contributed by atoms with van der Waals surface area (Å²) in [5.41, 5.74) is 4.40. The summed E-state index contributed by atoms with van der Waals surface area (Å²) < 4.78 is 0. The smallest absolute Gasteiger partial charge is 0.271 e. The Morgan fingerprint density at radius 3 is 2.37 bits per heavy atom. The quantitative estimate of drug-likeness (QED) is 0.524. The van der Waals surface area contributed by atoms with Crippen LogP contribution in [0.5, 0.6) is 0 Å². The molecule has 2 amide bonds. The second-order valence-corrected chi connectivity index (χ2v) is 5.87. The maximum Gasteiger partial charge on any atom is 0.271 e. The van der Waals surface area contributed by atoms with E-state index in [0.29, 0.717) is 27.5 Å². The third-order valence-electron chi connectivity index (χ3n) is 3.57. The summed E-state index contributed by atoms with van der Waals surface area (Å²) in [5.74, 6) is -0.691. The standard InChI is InChI=1S/C20H15ClN4O2/c21-18-7-2-1-6-17(18)20(27)24-15-10-8-14(9-11-15)19(26)25-23-13-16-5-3-4-12-22-16/h1-13H,(H,24,27)(H,25,26)/b23-13-. The number of carbonyl (C=O) groups excluding carboxylic acids is 2. The number of amides is 2. The van der Waals surface area contributed by atoms with Gasteiger partial charge in [-0.25, -0.2) is 5.43 Å². The highest BCUT2D eigenvalue weighted by molar-refractivity contribution is 6.34. The van der Waals surface area contributed by atoms with Gasteiger partial charge in [0.2, 0.25) is 0 Å². The van der Waals surface area contributed by atoms with Gasteiger partial charge in [-0.15, -0.1) is 0 Å². The van der Waals surface area contributed by atoms with Crippen molar-refractivity contribution in [3.63, 3.8) is 0 Å². The predicted molar refractivity (Wildman–Crippen MR) is 105 cm³/mol. The molecule has 6 nitrogen and oxygen atoms in total. The van der Waals surface area contributed by atoms with E-state index in [-0.39, 0.29) is 11.8 Å². The van der Waals surface area contributed by atoms with E-state index in [1.54, 1.807) is 66.9 Å². The summed E-state index contributed by atoms with van der Waals surface area (Å²) in [7, 11) is 0. The van der Waals surface area contributed by atoms with Crippen molar-refractivity contribution in [1.82, 2.24) is 10.4 Å². The molecular weight excluding hydrogens is 364 g/mol. The van der Waals surface area contributed by atoms with Crippen molar-refractivity contribution in [1.29, 1.82) is 0 Å². The van der Waals surface area contributed by atoms with Crippen LogP contribution in [0.2, 0.25) is 5.02 Å². The zero-order chi connectivity index (χ0) is 19.1. The van der Waals surface area contributed by atoms with Crippen LogP contribution in [0.25, 0.3) is 0 Å². The molecule has 0 fully saturated rings. The Bertz CT molecular complexity index is 973. The van der Waals surface area contributed by atoms with Gasteiger partial charge in [-0.2, -0.15) is 5.10 Å². The fourth-order valence-electron chi connectivity index (χ4n) is 2.22. The molecule has 0 spiro atoms. The van der Waals surface area contributed by atoms with Crippen LogP contribution in [0.3, 0.4) is 0 Å². The number of halogens is 1. The average molecular weight is 379 g/mol. The monoisotopic (exact) mass is 378 g/mol. The van der Waals surface area contributed by atoms with Crippen LogP contribution >= 0.6 is 11.6 Å². The first kappa shape index (κ1) is 18.3. The van der Waals surface area contributed by atoms with E-state index >= 15 is 0 Å². The lowest BCUT2D eigenvalue weighted by Gasteiger charge is -2.07. The molecular formula is C20H15ClN4O2. The fraction of sp³-hybridized carbons (Fsp3) is 0. The largest absolute Gasteiger partial charge is 0.322 e. The highest BCUT2D eigenvalue weighted by Crippen LogP contribution is 2.17. The molecule has 0 bridgehead atoms. The number of carbonyl (C=O) groups is 2. The zero-order valence-corrected chi connectivity index (χ0v) is 14.9. The number of hydrogen-bond donors (Lipinski definition) is 2. The van der Waals surface area contributed by atoms with E-state index in [9.17, 15) is 9.59 Å². The molecule has 27 heavy (non-hydrogen) atoms. The molecule has 0 unspecified atom stereocenters. The van der Waals surface area contributed by atoms with E-state index < -0.39 is 0 Å². The second-order valence-electron chi connectivity index (χ2n) is 5.47. The number of benzene rings is 2. The number of nitrogens with zero attached hydrogens (tertiary/aromatic N) is 2. The van der Waals surface area contributed by atoms with Crippen LogP contribution in [0.1, 0.15) is 26.4 Å². The van der Waals surface area contributed by atoms with E-state index in [0.717, 1.165) is 0 Å². The van der Waals surface area contributed by atoms with Gasteiger partial charge in [0, 0.05) is 17.4 Å². The van der Waals surface area contributed by atoms with Crippen molar-refractivity contribution in [3.8, 4) is 0 Å². The third kappa shape index (κ3) is 4.99. The van der Waals surface area contributed by atoms with Crippen LogP contribution in [0.15, 0.2) is 78.0 Å². The van der Waals surface area contributed by atoms with Crippen molar-refractivity contribution in [2.24, 2.45) is 5.10 Å². The summed E-state index contributed by atoms with van der Waals surface area (Å²) in [6.45, 7) is 0. The third-order valence-corrected chi connectivity index (χ3v) is 3.90. The van der Waals surface area contributed by atoms with Crippen LogP contribution in [-0.4, -0.2) is 23.0 Å². The van der Waals surface area contributed by atoms with E-state index in [4.69, 9.17) is 11.6 Å². The number of aromatic nitrogens is 1. The van der Waals surface area contributed by atoms with Crippen LogP contribution in [0, 0.1) is 0 Å². The van der Waals surface area contributed by atoms with Crippen molar-refractivity contribution >= 4 is 35.3 Å². The van der Waals surface area contributed by atoms with Gasteiger partial charge in [-0.3, -0.25) is 14.6 Å². The minimum atomic E-state index is -0.369. The van der Waals surface area contributed by atoms with Crippen molar-refractivity contribution in [2.75, 3.05) is 5.32 Å². The van der Waals surface area contributed by atoms with Gasteiger partial charge in [0.15, 0.2) is 0 Å². The molecule has 2 aromatic carbocycles. The normalized spacial score (nSPS) is 10.6. The van der Waals surface area contributed by atoms with Crippen molar-refractivity contribution in [3.05, 3.63) is 94.8 Å². The lowest BCUT2D eigenvalue weighted by atomic mass is 10.1. The number of hydrogen-bond acceptors (Lipinski definition) is 4. The van der Waals surface area contributed by atoms with Crippen LogP contribution in [0.4, 0.5) is 5.69 Å². The molecule has 1 heterocycles. The predicted octanol–water partition coefficient (Wildman–Crippen LogP) is 3.75. The van der Waals surface area contributed by atoms with Gasteiger partial charge in [-0.1, -0.05) is 29.8 Å². The first-order valence-corrected chi connectivity index (χ1v) is 8.41. The Balaban J connectivity index is 1.59. The van der Waals surface area contributed by atoms with Gasteiger partial charge in [-0.05, 0) is 48.5 Å². The molecule has 0 aliphatic heterocycles. The molecule has 0 radical (unpaired) electrons. The average Bonchev–Trinajstić information content (AvgIpc) is 2.69. The summed E-state index contributed by atoms with van der Waals surface area (Å²) >= 11 is 6.01. The summed E-state index contributed by atoms with van der Waals surface area (Å²) in [6.07, 6.45) is 3.09. The highest BCUT2D eigenvalue weighted by atomic mass is 35.5. The SMILES string of the molecule is O=C(N/N=C\c1ccccn1)c1ccc(NC(=O)c2ccccc2Cl)cc1. The number of hydrazone groups is 1. The van der Waals surface area contributed by atoms with Gasteiger partial charge < -0.3 is 5.32 Å². The molecule has 0 saturated heterocycles. The van der Waals surface area contributed by atoms with Gasteiger partial charge in [0.1, 0.15) is 0 Å². The van der Waals surface area contributed by atoms with Crippen molar-refractivity contribution < 1.29 is 9.59 Å². The zero-order valence-electron chi connectivity index (χ0n) is 14.1. The Labute approximate surface area is 160 Å². The number of pyridine rings is 1. The number of rotatable bonds is 5. The Kier molecular flexibility index (Phi) is 5.91. The lowest BCUT2D eigenvalue weighted by Crippen LogP contribution is -2.18. The molecule has 3 aromatic rings. The van der Waals surface area contributed by atoms with Gasteiger partial charge >= 0.3 is 0 Å². The highest BCUT2D eigenvalue weighted by Gasteiger charge is 2.10. The molecule has 7 heteroatoms. The lowest BCUT2D eigenvalue weighted by molar-refractivity contribution is 0.0954. The fourth-order valence-corrected chi connectivity index (χ4v) is 2.44. The van der Waals surface area contributed by atoms with E-state index in [1.165, 1.54) is 6.21 Å². The Morgan fingerprint density at radius 2 is 1.67 bits per heavy atom. The first-order chi connectivity index (χ1) is 13.1. The number of anilines is 1. The Hall–Kier alpha value is -3.51. The molecule has 0 aliphatic carbocycles. The first-order valence-electron chi connectivity index (χ1n) is 8.04.